The maximum Gasteiger partial charge on any atom is 0.254 e. The molecule has 1 saturated heterocycles. The van der Waals surface area contributed by atoms with E-state index in [-0.39, 0.29) is 12.0 Å². The van der Waals surface area contributed by atoms with Gasteiger partial charge in [0.1, 0.15) is 0 Å². The van der Waals surface area contributed by atoms with E-state index in [2.05, 4.69) is 24.0 Å². The number of pyridine rings is 1. The van der Waals surface area contributed by atoms with Crippen molar-refractivity contribution < 1.29 is 14.3 Å². The fourth-order valence-corrected chi connectivity index (χ4v) is 3.04. The summed E-state index contributed by atoms with van der Waals surface area (Å²) >= 11 is 0. The molecule has 0 saturated carbocycles. The number of carbonyl (C=O) groups excluding carboxylic acids is 1. The number of aryl methyl sites for hydroxylation is 2. The second-order valence-electron chi connectivity index (χ2n) is 6.27. The molecule has 0 spiro atoms. The van der Waals surface area contributed by atoms with Crippen molar-refractivity contribution in [3.05, 3.63) is 41.1 Å². The van der Waals surface area contributed by atoms with E-state index < -0.39 is 0 Å². The molecular weight excluding hydrogens is 304 g/mol. The van der Waals surface area contributed by atoms with E-state index in [0.717, 1.165) is 23.0 Å². The van der Waals surface area contributed by atoms with Crippen molar-refractivity contribution in [2.24, 2.45) is 0 Å². The van der Waals surface area contributed by atoms with Crippen molar-refractivity contribution in [2.45, 2.75) is 26.4 Å². The lowest BCUT2D eigenvalue weighted by Gasteiger charge is -2.27. The molecule has 1 atom stereocenters. The average Bonchev–Trinajstić information content (AvgIpc) is 2.60. The van der Waals surface area contributed by atoms with Crippen molar-refractivity contribution in [2.75, 3.05) is 33.4 Å². The molecule has 0 radical (unpaired) electrons. The van der Waals surface area contributed by atoms with E-state index in [1.165, 1.54) is 5.56 Å². The van der Waals surface area contributed by atoms with E-state index in [9.17, 15) is 4.79 Å². The summed E-state index contributed by atoms with van der Waals surface area (Å²) in [6.07, 6.45) is 0.869. The van der Waals surface area contributed by atoms with E-state index in [0.29, 0.717) is 31.9 Å². The quantitative estimate of drug-likeness (QED) is 0.866. The highest BCUT2D eigenvalue weighted by Crippen LogP contribution is 2.22. The first-order chi connectivity index (χ1) is 11.6. The van der Waals surface area contributed by atoms with E-state index in [4.69, 9.17) is 9.47 Å². The van der Waals surface area contributed by atoms with Crippen LogP contribution in [-0.4, -0.2) is 55.3 Å². The lowest BCUT2D eigenvalue weighted by atomic mass is 10.0. The van der Waals surface area contributed by atoms with Crippen LogP contribution < -0.4 is 0 Å². The van der Waals surface area contributed by atoms with Gasteiger partial charge in [-0.3, -0.25) is 9.78 Å². The van der Waals surface area contributed by atoms with Crippen molar-refractivity contribution in [3.63, 3.8) is 0 Å². The van der Waals surface area contributed by atoms with E-state index >= 15 is 0 Å². The first-order valence-electron chi connectivity index (χ1n) is 8.43. The molecule has 0 bridgehead atoms. The zero-order valence-corrected chi connectivity index (χ0v) is 14.5. The normalized spacial score (nSPS) is 17.9. The summed E-state index contributed by atoms with van der Waals surface area (Å²) in [7, 11) is 1.81. The lowest BCUT2D eigenvalue weighted by molar-refractivity contribution is -0.0933. The minimum Gasteiger partial charge on any atom is -0.376 e. The molecule has 3 rings (SSSR count). The minimum absolute atomic E-state index is 0.00655. The lowest BCUT2D eigenvalue weighted by Crippen LogP contribution is -2.40. The minimum atomic E-state index is -0.0619. The zero-order chi connectivity index (χ0) is 17.1. The molecule has 0 N–H and O–H groups in total. The number of amides is 1. The van der Waals surface area contributed by atoms with Crippen LogP contribution in [0.15, 0.2) is 24.3 Å². The van der Waals surface area contributed by atoms with Crippen LogP contribution in [0.4, 0.5) is 0 Å². The molecule has 1 amide bonds. The maximum absolute atomic E-state index is 13.0. The molecule has 128 valence electrons. The highest BCUT2D eigenvalue weighted by molar-refractivity contribution is 6.06. The van der Waals surface area contributed by atoms with Gasteiger partial charge in [-0.2, -0.15) is 0 Å². The van der Waals surface area contributed by atoms with Gasteiger partial charge >= 0.3 is 0 Å². The van der Waals surface area contributed by atoms with Crippen LogP contribution in [0.3, 0.4) is 0 Å². The van der Waals surface area contributed by atoms with Gasteiger partial charge in [0.05, 0.1) is 37.0 Å². The first kappa shape index (κ1) is 16.9. The Morgan fingerprint density at radius 1 is 1.33 bits per heavy atom. The molecule has 1 fully saturated rings. The van der Waals surface area contributed by atoms with Crippen molar-refractivity contribution in [3.8, 4) is 0 Å². The maximum atomic E-state index is 13.0. The third-order valence-electron chi connectivity index (χ3n) is 4.35. The van der Waals surface area contributed by atoms with Gasteiger partial charge in [0.2, 0.25) is 0 Å². The smallest absolute Gasteiger partial charge is 0.254 e. The largest absolute Gasteiger partial charge is 0.376 e. The molecule has 5 heteroatoms. The molecule has 24 heavy (non-hydrogen) atoms. The van der Waals surface area contributed by atoms with Gasteiger partial charge in [-0.25, -0.2) is 0 Å². The van der Waals surface area contributed by atoms with Crippen LogP contribution in [0, 0.1) is 6.92 Å². The Hall–Kier alpha value is -1.98. The van der Waals surface area contributed by atoms with Crippen LogP contribution in [0.1, 0.15) is 28.5 Å². The molecular formula is C19H24N2O3. The molecule has 0 unspecified atom stereocenters. The molecule has 1 aliphatic rings. The van der Waals surface area contributed by atoms with E-state index in [1.54, 1.807) is 4.90 Å². The standard InChI is InChI=1S/C19H24N2O3/c1-4-14-5-6-18-16(10-14)17(9-13(2)20-18)19(22)21(3)11-15-12-23-7-8-24-15/h5-6,9-10,15H,4,7-8,11-12H2,1-3H3/t15-/m0/s1. The number of hydrogen-bond acceptors (Lipinski definition) is 4. The summed E-state index contributed by atoms with van der Waals surface area (Å²) in [5.41, 5.74) is 3.61. The van der Waals surface area contributed by atoms with Gasteiger partial charge in [0.15, 0.2) is 0 Å². The fraction of sp³-hybridized carbons (Fsp3) is 0.474. The van der Waals surface area contributed by atoms with Crippen LogP contribution in [-0.2, 0) is 15.9 Å². The Labute approximate surface area is 142 Å². The van der Waals surface area contributed by atoms with E-state index in [1.807, 2.05) is 26.1 Å². The number of benzene rings is 1. The van der Waals surface area contributed by atoms with Crippen molar-refractivity contribution in [1.29, 1.82) is 0 Å². The molecule has 1 aliphatic heterocycles. The number of hydrogen-bond donors (Lipinski definition) is 0. The molecule has 0 aliphatic carbocycles. The van der Waals surface area contributed by atoms with Crippen molar-refractivity contribution in [1.82, 2.24) is 9.88 Å². The predicted octanol–water partition coefficient (Wildman–Crippen LogP) is 2.59. The number of carbonyl (C=O) groups is 1. The van der Waals surface area contributed by atoms with Gasteiger partial charge < -0.3 is 14.4 Å². The second-order valence-corrected chi connectivity index (χ2v) is 6.27. The van der Waals surface area contributed by atoms with Gasteiger partial charge in [0.25, 0.3) is 5.91 Å². The van der Waals surface area contributed by atoms with Gasteiger partial charge in [-0.1, -0.05) is 13.0 Å². The summed E-state index contributed by atoms with van der Waals surface area (Å²) in [6, 6.07) is 8.01. The molecule has 5 nitrogen and oxygen atoms in total. The van der Waals surface area contributed by atoms with Gasteiger partial charge in [0, 0.05) is 24.7 Å². The summed E-state index contributed by atoms with van der Waals surface area (Å²) in [4.78, 5) is 19.3. The monoisotopic (exact) mass is 328 g/mol. The Balaban J connectivity index is 1.90. The van der Waals surface area contributed by atoms with Crippen LogP contribution in [0.5, 0.6) is 0 Å². The summed E-state index contributed by atoms with van der Waals surface area (Å²) in [5.74, 6) is -0.00655. The number of aromatic nitrogens is 1. The van der Waals surface area contributed by atoms with Gasteiger partial charge in [-0.15, -0.1) is 0 Å². The fourth-order valence-electron chi connectivity index (χ4n) is 3.04. The topological polar surface area (TPSA) is 51.7 Å². The average molecular weight is 328 g/mol. The Morgan fingerprint density at radius 2 is 2.17 bits per heavy atom. The first-order valence-corrected chi connectivity index (χ1v) is 8.43. The third kappa shape index (κ3) is 3.57. The number of rotatable bonds is 4. The third-order valence-corrected chi connectivity index (χ3v) is 4.35. The zero-order valence-electron chi connectivity index (χ0n) is 14.5. The highest BCUT2D eigenvalue weighted by atomic mass is 16.6. The second kappa shape index (κ2) is 7.28. The number of fused-ring (bicyclic) bond motifs is 1. The Morgan fingerprint density at radius 3 is 2.88 bits per heavy atom. The number of likely N-dealkylation sites (N-methyl/N-ethyl adjacent to an activating group) is 1. The van der Waals surface area contributed by atoms with Crippen LogP contribution in [0.25, 0.3) is 10.9 Å². The van der Waals surface area contributed by atoms with Crippen LogP contribution in [0.2, 0.25) is 0 Å². The SMILES string of the molecule is CCc1ccc2nc(C)cc(C(=O)N(C)C[C@H]3COCCO3)c2c1. The molecule has 1 aromatic heterocycles. The molecule has 1 aromatic carbocycles. The summed E-state index contributed by atoms with van der Waals surface area (Å²) < 4.78 is 11.1. The Kier molecular flexibility index (Phi) is 5.11. The highest BCUT2D eigenvalue weighted by Gasteiger charge is 2.22. The summed E-state index contributed by atoms with van der Waals surface area (Å²) in [6.45, 7) is 6.30. The number of nitrogens with zero attached hydrogens (tertiary/aromatic N) is 2. The van der Waals surface area contributed by atoms with Gasteiger partial charge in [-0.05, 0) is 37.1 Å². The van der Waals surface area contributed by atoms with Crippen molar-refractivity contribution >= 4 is 16.8 Å². The Bertz CT molecular complexity index is 739. The molecule has 2 heterocycles. The number of ether oxygens (including phenoxy) is 2. The summed E-state index contributed by atoms with van der Waals surface area (Å²) in [5, 5.41) is 0.914. The predicted molar refractivity (Wildman–Crippen MR) is 93.4 cm³/mol. The molecule has 2 aromatic rings. The van der Waals surface area contributed by atoms with Crippen LogP contribution >= 0.6 is 0 Å².